The molecule has 0 fully saturated rings. The lowest BCUT2D eigenvalue weighted by atomic mass is 9.76. The van der Waals surface area contributed by atoms with Crippen LogP contribution in [0.2, 0.25) is 0 Å². The summed E-state index contributed by atoms with van der Waals surface area (Å²) < 4.78 is 5.56. The molecule has 0 radical (unpaired) electrons. The molecule has 5 rings (SSSR count). The number of benzene rings is 4. The molecule has 10 N–H and O–H groups in total. The molecule has 0 aromatic heterocycles. The number of amides is 9. The number of carbonyl (C=O) groups is 9. The number of anilines is 3. The summed E-state index contributed by atoms with van der Waals surface area (Å²) in [5.41, 5.74) is 9.23. The molecule has 0 saturated heterocycles. The molecule has 0 saturated carbocycles. The molecule has 4 aromatic carbocycles. The largest absolute Gasteiger partial charge is 0.478 e. The van der Waals surface area contributed by atoms with E-state index in [0.717, 1.165) is 16.7 Å². The molecule has 86 heavy (non-hydrogen) atoms. The van der Waals surface area contributed by atoms with Gasteiger partial charge in [0, 0.05) is 48.8 Å². The Morgan fingerprint density at radius 3 is 2.01 bits per heavy atom. The number of rotatable bonds is 26. The number of nitrogens with zero attached hydrogens (tertiary/aromatic N) is 2. The molecule has 1 unspecified atom stereocenters. The Morgan fingerprint density at radius 2 is 1.38 bits per heavy atom. The summed E-state index contributed by atoms with van der Waals surface area (Å²) in [7, 11) is 3.24. The normalized spacial score (nSPS) is 14.1. The smallest absolute Gasteiger partial charge is 0.411 e. The lowest BCUT2D eigenvalue weighted by molar-refractivity contribution is -0.141. The molecule has 21 nitrogen and oxygen atoms in total. The first-order valence-electron chi connectivity index (χ1n) is 28.9. The summed E-state index contributed by atoms with van der Waals surface area (Å²) in [6.45, 7) is 18.3. The molecule has 9 amide bonds. The van der Waals surface area contributed by atoms with E-state index in [4.69, 9.17) is 10.5 Å². The van der Waals surface area contributed by atoms with Gasteiger partial charge in [0.15, 0.2) is 0 Å². The maximum absolute atomic E-state index is 14.2. The molecule has 4 aromatic rings. The van der Waals surface area contributed by atoms with E-state index in [1.807, 2.05) is 115 Å². The van der Waals surface area contributed by atoms with Crippen LogP contribution in [0.25, 0.3) is 12.2 Å². The van der Waals surface area contributed by atoms with Crippen LogP contribution in [-0.2, 0) is 56.9 Å². The molecule has 0 aliphatic carbocycles. The van der Waals surface area contributed by atoms with Gasteiger partial charge in [0.05, 0.1) is 24.3 Å². The molecule has 1 heterocycles. The Hall–Kier alpha value is -8.85. The number of likely N-dealkylation sites (N-methyl/N-ethyl adjacent to an activating group) is 2. The van der Waals surface area contributed by atoms with Crippen molar-refractivity contribution in [3.05, 3.63) is 137 Å². The van der Waals surface area contributed by atoms with Crippen LogP contribution in [0.5, 0.6) is 0 Å². The van der Waals surface area contributed by atoms with Gasteiger partial charge in [0.2, 0.25) is 35.4 Å². The van der Waals surface area contributed by atoms with Crippen molar-refractivity contribution in [2.45, 2.75) is 144 Å². The van der Waals surface area contributed by atoms with Crippen LogP contribution in [-0.4, -0.2) is 114 Å². The predicted octanol–water partition coefficient (Wildman–Crippen LogP) is 7.86. The van der Waals surface area contributed by atoms with E-state index in [0.29, 0.717) is 34.7 Å². The third-order valence-corrected chi connectivity index (χ3v) is 15.1. The van der Waals surface area contributed by atoms with E-state index >= 15 is 0 Å². The van der Waals surface area contributed by atoms with Gasteiger partial charge in [0.25, 0.3) is 0 Å². The number of carbonyl (C=O) groups excluding carboxylic acids is 8. The van der Waals surface area contributed by atoms with Crippen LogP contribution in [0.4, 0.5) is 26.7 Å². The molecule has 462 valence electrons. The van der Waals surface area contributed by atoms with Crippen molar-refractivity contribution in [2.24, 2.45) is 23.0 Å². The molecule has 0 bridgehead atoms. The molecule has 1 aliphatic rings. The molecule has 21 heteroatoms. The highest BCUT2D eigenvalue weighted by molar-refractivity contribution is 6.00. The van der Waals surface area contributed by atoms with Gasteiger partial charge in [-0.25, -0.2) is 14.4 Å². The van der Waals surface area contributed by atoms with Gasteiger partial charge in [-0.2, -0.15) is 0 Å². The monoisotopic (exact) mass is 1180 g/mol. The van der Waals surface area contributed by atoms with Crippen molar-refractivity contribution in [3.8, 4) is 0 Å². The zero-order valence-corrected chi connectivity index (χ0v) is 51.5. The van der Waals surface area contributed by atoms with Crippen LogP contribution >= 0.6 is 0 Å². The Balaban J connectivity index is 1.18. The Labute approximate surface area is 504 Å². The zero-order valence-electron chi connectivity index (χ0n) is 51.5. The number of urea groups is 1. The van der Waals surface area contributed by atoms with Crippen LogP contribution in [0, 0.1) is 17.3 Å². The fraction of sp³-hybridized carbons (Fsp3) is 0.431. The molecular weight excluding hydrogens is 1100 g/mol. The van der Waals surface area contributed by atoms with Crippen LogP contribution in [0.1, 0.15) is 123 Å². The van der Waals surface area contributed by atoms with Crippen molar-refractivity contribution in [1.29, 1.82) is 0 Å². The highest BCUT2D eigenvalue weighted by atomic mass is 16.5. The molecular formula is C65H86N10O11. The first-order valence-corrected chi connectivity index (χ1v) is 28.9. The van der Waals surface area contributed by atoms with Gasteiger partial charge in [-0.3, -0.25) is 34.1 Å². The van der Waals surface area contributed by atoms with E-state index < -0.39 is 88.7 Å². The number of nitrogens with one attached hydrogen (secondary N) is 7. The Morgan fingerprint density at radius 1 is 0.733 bits per heavy atom. The van der Waals surface area contributed by atoms with Gasteiger partial charge in [0.1, 0.15) is 24.7 Å². The summed E-state index contributed by atoms with van der Waals surface area (Å²) in [6.07, 6.45) is 4.77. The lowest BCUT2D eigenvalue weighted by Gasteiger charge is -2.40. The van der Waals surface area contributed by atoms with E-state index in [2.05, 4.69) is 37.2 Å². The average molecular weight is 1180 g/mol. The highest BCUT2D eigenvalue weighted by Crippen LogP contribution is 2.32. The fourth-order valence-electron chi connectivity index (χ4n) is 10.1. The summed E-state index contributed by atoms with van der Waals surface area (Å²) >= 11 is 0. The lowest BCUT2D eigenvalue weighted by Crippen LogP contribution is -2.61. The van der Waals surface area contributed by atoms with Gasteiger partial charge in [-0.15, -0.1) is 0 Å². The number of primary amides is 1. The number of aliphatic carboxylic acids is 1. The minimum atomic E-state index is -1.12. The quantitative estimate of drug-likeness (QED) is 0.0214. The van der Waals surface area contributed by atoms with E-state index in [9.17, 15) is 48.3 Å². The third-order valence-electron chi connectivity index (χ3n) is 15.1. The topological polar surface area (TPSA) is 300 Å². The van der Waals surface area contributed by atoms with Gasteiger partial charge in [-0.1, -0.05) is 147 Å². The maximum Gasteiger partial charge on any atom is 0.411 e. The predicted molar refractivity (Wildman–Crippen MR) is 333 cm³/mol. The number of ether oxygens (including phenoxy) is 1. The molecule has 0 spiro atoms. The van der Waals surface area contributed by atoms with Crippen molar-refractivity contribution >= 4 is 82.8 Å². The number of hydrogen-bond donors (Lipinski definition) is 9. The number of nitrogens with two attached hydrogens (primary N) is 1. The van der Waals surface area contributed by atoms with Crippen LogP contribution < -0.4 is 47.9 Å². The first-order chi connectivity index (χ1) is 40.5. The summed E-state index contributed by atoms with van der Waals surface area (Å²) in [5.74, 6) is -4.45. The number of para-hydroxylation sites is 1. The number of carboxylic acids is 1. The minimum Gasteiger partial charge on any atom is -0.478 e. The fourth-order valence-corrected chi connectivity index (χ4v) is 10.1. The second-order valence-corrected chi connectivity index (χ2v) is 23.9. The third kappa shape index (κ3) is 19.1. The summed E-state index contributed by atoms with van der Waals surface area (Å²) in [5, 5.41) is 29.2. The maximum atomic E-state index is 14.2. The van der Waals surface area contributed by atoms with Crippen molar-refractivity contribution in [3.63, 3.8) is 0 Å². The van der Waals surface area contributed by atoms with Crippen LogP contribution in [0.15, 0.2) is 109 Å². The van der Waals surface area contributed by atoms with E-state index in [1.54, 1.807) is 81.4 Å². The van der Waals surface area contributed by atoms with Gasteiger partial charge in [-0.05, 0) is 102 Å². The van der Waals surface area contributed by atoms with Gasteiger partial charge < -0.3 is 57.3 Å². The Kier molecular flexibility index (Phi) is 24.3. The second-order valence-electron chi connectivity index (χ2n) is 23.9. The van der Waals surface area contributed by atoms with Gasteiger partial charge >= 0.3 is 18.1 Å². The minimum absolute atomic E-state index is 0.0860. The van der Waals surface area contributed by atoms with E-state index in [-0.39, 0.29) is 62.1 Å². The standard InChI is InChI=1S/C65H86N10O11/c1-39(2)51(35-41(5)61(82)83)74(12)60(81)56(64(6,7)8)73-59(80)55(67-11)65(9,10)46-22-17-23-48(36-46)70-63(85)86-38-42-26-30-47(31-27-42)69-57(78)49(24-18-34-68-62(66)84)71-58(79)54(40(3)4)72-52(76)32-33-53(77)75-37-45-21-14-13-19-43(45)28-29-44-20-15-16-25-50(44)75/h13-17,19-23,25-31,35-36,39-40,49,51,54-56,67H,18,24,32-34,37-38H2,1-12H3,(H,69,78)(H,70,85)(H,71,79)(H,72,76)(H,73,80)(H,82,83)(H3,66,68,84)/b29-28?,41-35+/t49-,51+,54-,55?,56+/m0/s1. The van der Waals surface area contributed by atoms with Crippen molar-refractivity contribution in [1.82, 2.24) is 31.5 Å². The first kappa shape index (κ1) is 67.9. The second kappa shape index (κ2) is 30.8. The van der Waals surface area contributed by atoms with Crippen molar-refractivity contribution < 1.29 is 53.0 Å². The van der Waals surface area contributed by atoms with Crippen LogP contribution in [0.3, 0.4) is 0 Å². The SMILES string of the molecule is CNC(C(=O)N[C@H](C(=O)N(C)[C@H](/C=C(\C)C(=O)O)C(C)C)C(C)(C)C)C(C)(C)c1cccc(NC(=O)OCc2ccc(NC(=O)[C@H](CCCNC(N)=O)NC(=O)[C@@H](NC(=O)CCC(=O)N3Cc4ccccc4C=Cc4ccccc43)C(C)C)cc2)c1. The highest BCUT2D eigenvalue weighted by Gasteiger charge is 2.42. The molecule has 1 aliphatic heterocycles. The summed E-state index contributed by atoms with van der Waals surface area (Å²) in [4.78, 5) is 123. The number of hydrogen-bond acceptors (Lipinski definition) is 11. The average Bonchev–Trinajstić information content (AvgIpc) is 3.59. The van der Waals surface area contributed by atoms with E-state index in [1.165, 1.54) is 11.8 Å². The molecule has 5 atom stereocenters. The summed E-state index contributed by atoms with van der Waals surface area (Å²) in [6, 6.07) is 23.4. The zero-order chi connectivity index (χ0) is 63.6. The Bertz CT molecular complexity index is 3150. The number of fused-ring (bicyclic) bond motifs is 2. The van der Waals surface area contributed by atoms with Crippen molar-refractivity contribution in [2.75, 3.05) is 36.2 Å². The number of carboxylic acid groups (broad SMARTS) is 1.